The minimum absolute atomic E-state index is 0.0180. The average Bonchev–Trinajstić information content (AvgIpc) is 2.57. The van der Waals surface area contributed by atoms with Crippen LogP contribution in [0, 0.1) is 17.0 Å². The summed E-state index contributed by atoms with van der Waals surface area (Å²) in [7, 11) is 0. The number of para-hydroxylation sites is 1. The number of nitro benzene ring substituents is 1. The van der Waals surface area contributed by atoms with Gasteiger partial charge < -0.3 is 0 Å². The number of non-ortho nitro benzene ring substituents is 1. The second kappa shape index (κ2) is 5.96. The average molecular weight is 307 g/mol. The molecule has 3 rings (SSSR count). The number of carbonyl (C=O) groups is 1. The molecular weight excluding hydrogens is 292 g/mol. The molecule has 0 atom stereocenters. The van der Waals surface area contributed by atoms with Gasteiger partial charge in [-0.15, -0.1) is 0 Å². The van der Waals surface area contributed by atoms with Crippen molar-refractivity contribution in [1.82, 2.24) is 0 Å². The fraction of sp³-hybridized carbons (Fsp3) is 0.111. The third-order valence-electron chi connectivity index (χ3n) is 3.86. The van der Waals surface area contributed by atoms with Gasteiger partial charge in [-0.2, -0.15) is 4.57 Å². The summed E-state index contributed by atoms with van der Waals surface area (Å²) in [5.74, 6) is -0.0793. The molecule has 0 aliphatic carbocycles. The van der Waals surface area contributed by atoms with E-state index in [1.807, 2.05) is 47.9 Å². The Morgan fingerprint density at radius 3 is 2.43 bits per heavy atom. The lowest BCUT2D eigenvalue weighted by Gasteiger charge is -2.04. The Morgan fingerprint density at radius 2 is 1.74 bits per heavy atom. The van der Waals surface area contributed by atoms with Gasteiger partial charge in [0.25, 0.3) is 5.69 Å². The number of rotatable bonds is 4. The quantitative estimate of drug-likeness (QED) is 0.322. The maximum atomic E-state index is 12.5. The Balaban J connectivity index is 1.94. The van der Waals surface area contributed by atoms with Gasteiger partial charge in [0.05, 0.1) is 4.92 Å². The van der Waals surface area contributed by atoms with E-state index < -0.39 is 4.92 Å². The van der Waals surface area contributed by atoms with Crippen LogP contribution in [0.1, 0.15) is 16.1 Å². The normalized spacial score (nSPS) is 10.7. The number of ketones is 1. The molecule has 23 heavy (non-hydrogen) atoms. The van der Waals surface area contributed by atoms with Crippen LogP contribution in [0.5, 0.6) is 0 Å². The molecule has 0 spiro atoms. The van der Waals surface area contributed by atoms with Gasteiger partial charge in [0.15, 0.2) is 5.69 Å². The van der Waals surface area contributed by atoms with E-state index >= 15 is 0 Å². The third kappa shape index (κ3) is 2.94. The minimum Gasteiger partial charge on any atom is -0.287 e. The highest BCUT2D eigenvalue weighted by atomic mass is 16.6. The number of aryl methyl sites for hydroxylation is 1. The summed E-state index contributed by atoms with van der Waals surface area (Å²) in [6.45, 7) is 2.15. The van der Waals surface area contributed by atoms with Crippen LogP contribution < -0.4 is 4.57 Å². The van der Waals surface area contributed by atoms with Crippen molar-refractivity contribution in [3.63, 3.8) is 0 Å². The largest absolute Gasteiger partial charge is 0.287 e. The molecular formula is C18H15N2O3+. The first-order valence-electron chi connectivity index (χ1n) is 7.22. The molecule has 0 aliphatic rings. The zero-order valence-electron chi connectivity index (χ0n) is 12.6. The van der Waals surface area contributed by atoms with Crippen molar-refractivity contribution in [3.05, 3.63) is 82.0 Å². The second-order valence-corrected chi connectivity index (χ2v) is 5.35. The predicted octanol–water partition coefficient (Wildman–Crippen LogP) is 3.23. The van der Waals surface area contributed by atoms with Gasteiger partial charge in [-0.25, -0.2) is 0 Å². The maximum Gasteiger partial charge on any atom is 0.269 e. The number of benzene rings is 2. The minimum atomic E-state index is -0.474. The Kier molecular flexibility index (Phi) is 3.85. The van der Waals surface area contributed by atoms with Gasteiger partial charge >= 0.3 is 0 Å². The Hall–Kier alpha value is -3.08. The number of carbonyl (C=O) groups excluding carboxylic acids is 1. The molecule has 1 aromatic heterocycles. The van der Waals surface area contributed by atoms with Gasteiger partial charge in [0.2, 0.25) is 17.8 Å². The topological polar surface area (TPSA) is 64.1 Å². The van der Waals surface area contributed by atoms with Gasteiger partial charge in [0, 0.05) is 42.1 Å². The van der Waals surface area contributed by atoms with Gasteiger partial charge in [-0.3, -0.25) is 14.9 Å². The van der Waals surface area contributed by atoms with E-state index in [4.69, 9.17) is 0 Å². The molecule has 5 heteroatoms. The monoisotopic (exact) mass is 307 g/mol. The fourth-order valence-corrected chi connectivity index (χ4v) is 2.58. The van der Waals surface area contributed by atoms with Crippen molar-refractivity contribution < 1.29 is 14.3 Å². The van der Waals surface area contributed by atoms with Crippen LogP contribution in [0.25, 0.3) is 10.9 Å². The number of fused-ring (bicyclic) bond motifs is 1. The Bertz CT molecular complexity index is 902. The number of hydrogen-bond donors (Lipinski definition) is 0. The van der Waals surface area contributed by atoms with E-state index in [2.05, 4.69) is 0 Å². The molecule has 0 bridgehead atoms. The van der Waals surface area contributed by atoms with Gasteiger partial charge in [-0.05, 0) is 24.3 Å². The zero-order valence-corrected chi connectivity index (χ0v) is 12.6. The van der Waals surface area contributed by atoms with Gasteiger partial charge in [-0.1, -0.05) is 12.1 Å². The lowest BCUT2D eigenvalue weighted by atomic mass is 10.1. The van der Waals surface area contributed by atoms with Crippen LogP contribution in [-0.4, -0.2) is 10.7 Å². The molecule has 2 aromatic carbocycles. The highest BCUT2D eigenvalue weighted by molar-refractivity contribution is 5.95. The Labute approximate surface area is 133 Å². The first-order valence-corrected chi connectivity index (χ1v) is 7.22. The van der Waals surface area contributed by atoms with Crippen LogP contribution >= 0.6 is 0 Å². The summed E-state index contributed by atoms with van der Waals surface area (Å²) in [6.07, 6.45) is 0. The summed E-state index contributed by atoms with van der Waals surface area (Å²) in [4.78, 5) is 22.7. The van der Waals surface area contributed by atoms with Crippen molar-refractivity contribution in [1.29, 1.82) is 0 Å². The van der Waals surface area contributed by atoms with Gasteiger partial charge in [0.1, 0.15) is 0 Å². The summed E-state index contributed by atoms with van der Waals surface area (Å²) in [5, 5.41) is 11.7. The molecule has 0 amide bonds. The van der Waals surface area contributed by atoms with Crippen molar-refractivity contribution in [2.24, 2.45) is 0 Å². The molecule has 0 saturated heterocycles. The van der Waals surface area contributed by atoms with Crippen molar-refractivity contribution in [3.8, 4) is 0 Å². The molecule has 0 fully saturated rings. The third-order valence-corrected chi connectivity index (χ3v) is 3.86. The van der Waals surface area contributed by atoms with Crippen molar-refractivity contribution in [2.45, 2.75) is 13.5 Å². The van der Waals surface area contributed by atoms with E-state index in [1.165, 1.54) is 24.3 Å². The Morgan fingerprint density at radius 1 is 1.04 bits per heavy atom. The number of aromatic nitrogens is 1. The number of nitrogens with zero attached hydrogens (tertiary/aromatic N) is 2. The lowest BCUT2D eigenvalue weighted by Crippen LogP contribution is -2.41. The number of hydrogen-bond acceptors (Lipinski definition) is 3. The van der Waals surface area contributed by atoms with E-state index in [9.17, 15) is 14.9 Å². The molecule has 3 aromatic rings. The van der Waals surface area contributed by atoms with E-state index in [0.717, 1.165) is 16.6 Å². The molecule has 1 heterocycles. The number of pyridine rings is 1. The lowest BCUT2D eigenvalue weighted by molar-refractivity contribution is -0.663. The van der Waals surface area contributed by atoms with Crippen LogP contribution in [0.3, 0.4) is 0 Å². The van der Waals surface area contributed by atoms with Crippen molar-refractivity contribution >= 4 is 22.4 Å². The summed E-state index contributed by atoms with van der Waals surface area (Å²) < 4.78 is 1.96. The summed E-state index contributed by atoms with van der Waals surface area (Å²) >= 11 is 0. The zero-order chi connectivity index (χ0) is 16.4. The summed E-state index contributed by atoms with van der Waals surface area (Å²) in [6, 6.07) is 17.6. The van der Waals surface area contributed by atoms with Crippen LogP contribution in [0.4, 0.5) is 5.69 Å². The SMILES string of the molecule is Cc1ccc2ccccc2[n+]1CC(=O)c1ccc([N+](=O)[O-])cc1. The summed E-state index contributed by atoms with van der Waals surface area (Å²) in [5.41, 5.74) is 2.42. The molecule has 0 aliphatic heterocycles. The first kappa shape index (κ1) is 14.8. The highest BCUT2D eigenvalue weighted by Gasteiger charge is 2.18. The van der Waals surface area contributed by atoms with Crippen LogP contribution in [0.2, 0.25) is 0 Å². The van der Waals surface area contributed by atoms with E-state index in [0.29, 0.717) is 5.56 Å². The second-order valence-electron chi connectivity index (χ2n) is 5.35. The first-order chi connectivity index (χ1) is 11.1. The molecule has 0 radical (unpaired) electrons. The van der Waals surface area contributed by atoms with Crippen LogP contribution in [-0.2, 0) is 6.54 Å². The van der Waals surface area contributed by atoms with E-state index in [-0.39, 0.29) is 18.0 Å². The fourth-order valence-electron chi connectivity index (χ4n) is 2.58. The highest BCUT2D eigenvalue weighted by Crippen LogP contribution is 2.14. The van der Waals surface area contributed by atoms with Crippen molar-refractivity contribution in [2.75, 3.05) is 0 Å². The predicted molar refractivity (Wildman–Crippen MR) is 86.3 cm³/mol. The van der Waals surface area contributed by atoms with E-state index in [1.54, 1.807) is 0 Å². The molecule has 0 unspecified atom stereocenters. The molecule has 114 valence electrons. The molecule has 0 saturated carbocycles. The molecule has 0 N–H and O–H groups in total. The smallest absolute Gasteiger partial charge is 0.269 e. The van der Waals surface area contributed by atoms with Crippen LogP contribution in [0.15, 0.2) is 60.7 Å². The number of nitro groups is 1. The standard InChI is InChI=1S/C18H15N2O3/c1-13-6-7-14-4-2-3-5-17(14)19(13)12-18(21)15-8-10-16(11-9-15)20(22)23/h2-11H,12H2,1H3/q+1. The molecule has 5 nitrogen and oxygen atoms in total. The maximum absolute atomic E-state index is 12.5. The number of Topliss-reactive ketones (excluding diaryl/α,β-unsaturated/α-hetero) is 1.